The van der Waals surface area contributed by atoms with Gasteiger partial charge in [-0.05, 0) is 50.0 Å². The van der Waals surface area contributed by atoms with Gasteiger partial charge in [-0.1, -0.05) is 19.1 Å². The van der Waals surface area contributed by atoms with Crippen LogP contribution in [0.25, 0.3) is 5.57 Å². The lowest BCUT2D eigenvalue weighted by molar-refractivity contribution is -0.135. The summed E-state index contributed by atoms with van der Waals surface area (Å²) in [5.74, 6) is 0.0475. The van der Waals surface area contributed by atoms with Crippen molar-refractivity contribution in [1.29, 1.82) is 0 Å². The van der Waals surface area contributed by atoms with Crippen molar-refractivity contribution in [3.8, 4) is 5.75 Å². The highest BCUT2D eigenvalue weighted by Gasteiger charge is 2.10. The Morgan fingerprint density at radius 2 is 2.05 bits per heavy atom. The van der Waals surface area contributed by atoms with E-state index in [1.54, 1.807) is 6.08 Å². The minimum atomic E-state index is -0.820. The molecule has 0 aliphatic carbocycles. The zero-order valence-corrected chi connectivity index (χ0v) is 12.1. The molecule has 3 nitrogen and oxygen atoms in total. The molecule has 3 heteroatoms. The van der Waals surface area contributed by atoms with Crippen molar-refractivity contribution >= 4 is 11.5 Å². The monoisotopic (exact) mass is 262 g/mol. The Balaban J connectivity index is 3.15. The van der Waals surface area contributed by atoms with E-state index in [9.17, 15) is 4.79 Å². The second-order valence-corrected chi connectivity index (χ2v) is 4.79. The number of hydrogen-bond acceptors (Lipinski definition) is 2. The highest BCUT2D eigenvalue weighted by atomic mass is 16.5. The average molecular weight is 262 g/mol. The molecule has 0 radical (unpaired) electrons. The summed E-state index contributed by atoms with van der Waals surface area (Å²) in [6.07, 6.45) is 2.71. The first-order valence-corrected chi connectivity index (χ1v) is 6.58. The molecule has 104 valence electrons. The summed E-state index contributed by atoms with van der Waals surface area (Å²) in [6.45, 7) is 8.71. The number of carboxylic acids is 1. The lowest BCUT2D eigenvalue weighted by Gasteiger charge is -2.15. The Morgan fingerprint density at radius 1 is 1.37 bits per heavy atom. The molecule has 0 aliphatic heterocycles. The lowest BCUT2D eigenvalue weighted by Crippen LogP contribution is -2.01. The van der Waals surface area contributed by atoms with E-state index in [0.29, 0.717) is 6.61 Å². The number of aryl methyl sites for hydroxylation is 2. The van der Waals surface area contributed by atoms with Gasteiger partial charge in [-0.3, -0.25) is 4.79 Å². The summed E-state index contributed by atoms with van der Waals surface area (Å²) in [5, 5.41) is 8.75. The number of ether oxygens (including phenoxy) is 1. The molecule has 0 saturated heterocycles. The van der Waals surface area contributed by atoms with Crippen molar-refractivity contribution in [3.63, 3.8) is 0 Å². The zero-order chi connectivity index (χ0) is 14.4. The van der Waals surface area contributed by atoms with Gasteiger partial charge in [-0.15, -0.1) is 0 Å². The van der Waals surface area contributed by atoms with Crippen LogP contribution in [-0.4, -0.2) is 17.7 Å². The predicted octanol–water partition coefficient (Wildman–Crippen LogP) is 3.97. The van der Waals surface area contributed by atoms with E-state index in [1.807, 2.05) is 26.8 Å². The van der Waals surface area contributed by atoms with E-state index < -0.39 is 5.97 Å². The predicted molar refractivity (Wildman–Crippen MR) is 77.6 cm³/mol. The number of benzene rings is 1. The second kappa shape index (κ2) is 6.98. The minimum Gasteiger partial charge on any atom is -0.493 e. The summed E-state index contributed by atoms with van der Waals surface area (Å²) in [6, 6.07) is 4.13. The standard InChI is InChI=1S/C16H22O3/c1-5-8-19-16-13(4)9-11(2)10-14(16)12(3)6-7-15(17)18/h6,9-10H,5,7-8H2,1-4H3,(H,17,18)/b12-6+. The van der Waals surface area contributed by atoms with Gasteiger partial charge >= 0.3 is 5.97 Å². The molecule has 1 N–H and O–H groups in total. The SMILES string of the molecule is CCCOc1c(C)cc(C)cc1/C(C)=C/CC(=O)O. The molecule has 0 bridgehead atoms. The first kappa shape index (κ1) is 15.3. The van der Waals surface area contributed by atoms with Crippen molar-refractivity contribution in [1.82, 2.24) is 0 Å². The Bertz CT molecular complexity index is 487. The van der Waals surface area contributed by atoms with Crippen molar-refractivity contribution in [2.45, 2.75) is 40.5 Å². The summed E-state index contributed by atoms with van der Waals surface area (Å²) in [4.78, 5) is 10.7. The maximum atomic E-state index is 10.7. The third kappa shape index (κ3) is 4.43. The van der Waals surface area contributed by atoms with Crippen LogP contribution in [0.2, 0.25) is 0 Å². The van der Waals surface area contributed by atoms with E-state index in [1.165, 1.54) is 0 Å². The highest BCUT2D eigenvalue weighted by molar-refractivity contribution is 5.76. The van der Waals surface area contributed by atoms with Crippen LogP contribution in [0.1, 0.15) is 43.4 Å². The number of carbonyl (C=O) groups is 1. The highest BCUT2D eigenvalue weighted by Crippen LogP contribution is 2.31. The molecule has 1 aromatic carbocycles. The molecular formula is C16H22O3. The molecule has 0 heterocycles. The summed E-state index contributed by atoms with van der Waals surface area (Å²) < 4.78 is 5.81. The maximum Gasteiger partial charge on any atom is 0.307 e. The molecule has 0 amide bonds. The third-order valence-corrected chi connectivity index (χ3v) is 2.88. The largest absolute Gasteiger partial charge is 0.493 e. The fraction of sp³-hybridized carbons (Fsp3) is 0.438. The molecule has 0 saturated carbocycles. The summed E-state index contributed by atoms with van der Waals surface area (Å²) >= 11 is 0. The number of hydrogen-bond donors (Lipinski definition) is 1. The van der Waals surface area contributed by atoms with Crippen LogP contribution in [-0.2, 0) is 4.79 Å². The minimum absolute atomic E-state index is 0.0338. The first-order chi connectivity index (χ1) is 8.95. The normalized spacial score (nSPS) is 11.5. The number of carboxylic acid groups (broad SMARTS) is 1. The molecular weight excluding hydrogens is 240 g/mol. The van der Waals surface area contributed by atoms with Gasteiger partial charge in [0.25, 0.3) is 0 Å². The van der Waals surface area contributed by atoms with E-state index in [0.717, 1.165) is 34.4 Å². The number of rotatable bonds is 6. The van der Waals surface area contributed by atoms with Crippen LogP contribution in [0.3, 0.4) is 0 Å². The quantitative estimate of drug-likeness (QED) is 0.843. The van der Waals surface area contributed by atoms with E-state index >= 15 is 0 Å². The molecule has 0 unspecified atom stereocenters. The van der Waals surface area contributed by atoms with Gasteiger partial charge in [0.05, 0.1) is 13.0 Å². The van der Waals surface area contributed by atoms with Gasteiger partial charge in [-0.2, -0.15) is 0 Å². The van der Waals surface area contributed by atoms with Gasteiger partial charge < -0.3 is 9.84 Å². The number of aliphatic carboxylic acids is 1. The molecule has 0 aliphatic rings. The van der Waals surface area contributed by atoms with Gasteiger partial charge in [-0.25, -0.2) is 0 Å². The molecule has 0 fully saturated rings. The van der Waals surface area contributed by atoms with Crippen LogP contribution >= 0.6 is 0 Å². The van der Waals surface area contributed by atoms with Gasteiger partial charge in [0, 0.05) is 5.56 Å². The van der Waals surface area contributed by atoms with Gasteiger partial charge in [0.2, 0.25) is 0 Å². The van der Waals surface area contributed by atoms with Crippen LogP contribution in [0.15, 0.2) is 18.2 Å². The first-order valence-electron chi connectivity index (χ1n) is 6.58. The van der Waals surface area contributed by atoms with E-state index in [2.05, 4.69) is 13.0 Å². The molecule has 0 atom stereocenters. The fourth-order valence-electron chi connectivity index (χ4n) is 1.99. The third-order valence-electron chi connectivity index (χ3n) is 2.88. The summed E-state index contributed by atoms with van der Waals surface area (Å²) in [7, 11) is 0. The fourth-order valence-corrected chi connectivity index (χ4v) is 1.99. The summed E-state index contributed by atoms with van der Waals surface area (Å²) in [5.41, 5.74) is 4.18. The molecule has 1 aromatic rings. The molecule has 0 aromatic heterocycles. The van der Waals surface area contributed by atoms with E-state index in [-0.39, 0.29) is 6.42 Å². The lowest BCUT2D eigenvalue weighted by atomic mass is 9.99. The van der Waals surface area contributed by atoms with Gasteiger partial charge in [0.1, 0.15) is 5.75 Å². The Kier molecular flexibility index (Phi) is 5.61. The Labute approximate surface area is 114 Å². The van der Waals surface area contributed by atoms with Crippen LogP contribution in [0.4, 0.5) is 0 Å². The topological polar surface area (TPSA) is 46.5 Å². The Hall–Kier alpha value is -1.77. The zero-order valence-electron chi connectivity index (χ0n) is 12.1. The Morgan fingerprint density at radius 3 is 2.63 bits per heavy atom. The number of allylic oxidation sites excluding steroid dienone is 1. The van der Waals surface area contributed by atoms with Gasteiger partial charge in [0.15, 0.2) is 0 Å². The second-order valence-electron chi connectivity index (χ2n) is 4.79. The maximum absolute atomic E-state index is 10.7. The van der Waals surface area contributed by atoms with Crippen LogP contribution < -0.4 is 4.74 Å². The van der Waals surface area contributed by atoms with Crippen molar-refractivity contribution in [3.05, 3.63) is 34.9 Å². The smallest absolute Gasteiger partial charge is 0.307 e. The average Bonchev–Trinajstić information content (AvgIpc) is 2.34. The van der Waals surface area contributed by atoms with Crippen molar-refractivity contribution < 1.29 is 14.6 Å². The molecule has 19 heavy (non-hydrogen) atoms. The van der Waals surface area contributed by atoms with E-state index in [4.69, 9.17) is 9.84 Å². The molecule has 1 rings (SSSR count). The molecule has 0 spiro atoms. The van der Waals surface area contributed by atoms with Crippen LogP contribution in [0, 0.1) is 13.8 Å². The van der Waals surface area contributed by atoms with Crippen LogP contribution in [0.5, 0.6) is 5.75 Å². The van der Waals surface area contributed by atoms with Crippen molar-refractivity contribution in [2.24, 2.45) is 0 Å². The van der Waals surface area contributed by atoms with Crippen molar-refractivity contribution in [2.75, 3.05) is 6.61 Å².